The first-order valence-corrected chi connectivity index (χ1v) is 6.00. The second kappa shape index (κ2) is 7.83. The number of nitrogens with one attached hydrogen (secondary N) is 1. The van der Waals surface area contributed by atoms with Gasteiger partial charge in [0, 0.05) is 13.2 Å². The Labute approximate surface area is 103 Å². The summed E-state index contributed by atoms with van der Waals surface area (Å²) in [5.74, 6) is 0. The van der Waals surface area contributed by atoms with E-state index in [1.807, 2.05) is 6.08 Å². The zero-order chi connectivity index (χ0) is 12.5. The Morgan fingerprint density at radius 3 is 2.88 bits per heavy atom. The van der Waals surface area contributed by atoms with Crippen LogP contribution in [0, 0.1) is 11.3 Å². The Balaban J connectivity index is 2.46. The molecule has 0 saturated carbocycles. The molecule has 17 heavy (non-hydrogen) atoms. The Hall–Kier alpha value is -1.37. The second-order valence-electron chi connectivity index (χ2n) is 4.07. The molecule has 0 aromatic rings. The quantitative estimate of drug-likeness (QED) is 0.715. The van der Waals surface area contributed by atoms with Gasteiger partial charge in [0.2, 0.25) is 0 Å². The molecule has 1 fully saturated rings. The highest BCUT2D eigenvalue weighted by atomic mass is 16.5. The maximum absolute atomic E-state index is 9.14. The van der Waals surface area contributed by atoms with Crippen molar-refractivity contribution < 1.29 is 4.74 Å². The predicted molar refractivity (Wildman–Crippen MR) is 69.5 cm³/mol. The number of nitrogens with zero attached hydrogens (tertiary/aromatic N) is 1. The summed E-state index contributed by atoms with van der Waals surface area (Å²) in [6.07, 6.45) is 8.59. The molecule has 0 spiro atoms. The number of nitriles is 1. The van der Waals surface area contributed by atoms with Gasteiger partial charge in [-0.05, 0) is 24.8 Å². The van der Waals surface area contributed by atoms with E-state index in [1.165, 1.54) is 0 Å². The van der Waals surface area contributed by atoms with E-state index in [-0.39, 0.29) is 12.1 Å². The second-order valence-corrected chi connectivity index (χ2v) is 4.07. The number of ether oxygens (including phenoxy) is 1. The molecule has 1 N–H and O–H groups in total. The summed E-state index contributed by atoms with van der Waals surface area (Å²) in [6.45, 7) is 8.75. The van der Waals surface area contributed by atoms with Gasteiger partial charge in [0.1, 0.15) is 6.04 Å². The fourth-order valence-electron chi connectivity index (χ4n) is 1.87. The van der Waals surface area contributed by atoms with Gasteiger partial charge in [-0.1, -0.05) is 31.4 Å². The summed E-state index contributed by atoms with van der Waals surface area (Å²) in [4.78, 5) is 0. The number of rotatable bonds is 6. The van der Waals surface area contributed by atoms with Crippen LogP contribution in [0.5, 0.6) is 0 Å². The zero-order valence-corrected chi connectivity index (χ0v) is 10.2. The lowest BCUT2D eigenvalue weighted by Gasteiger charge is -2.27. The first-order chi connectivity index (χ1) is 8.31. The van der Waals surface area contributed by atoms with Crippen molar-refractivity contribution in [1.82, 2.24) is 5.32 Å². The maximum Gasteiger partial charge on any atom is 0.122 e. The smallest absolute Gasteiger partial charge is 0.122 e. The van der Waals surface area contributed by atoms with E-state index in [9.17, 15) is 0 Å². The Morgan fingerprint density at radius 2 is 2.35 bits per heavy atom. The predicted octanol–water partition coefficient (Wildman–Crippen LogP) is 2.34. The topological polar surface area (TPSA) is 45.0 Å². The fraction of sp³-hybridized carbons (Fsp3) is 0.500. The van der Waals surface area contributed by atoms with Gasteiger partial charge in [-0.3, -0.25) is 5.32 Å². The average molecular weight is 232 g/mol. The summed E-state index contributed by atoms with van der Waals surface area (Å²) in [6, 6.07) is 2.02. The molecule has 0 radical (unpaired) electrons. The summed E-state index contributed by atoms with van der Waals surface area (Å²) < 4.78 is 5.61. The van der Waals surface area contributed by atoms with Gasteiger partial charge in [-0.2, -0.15) is 5.26 Å². The molecular formula is C14H20N2O. The van der Waals surface area contributed by atoms with Crippen LogP contribution in [-0.4, -0.2) is 25.3 Å². The van der Waals surface area contributed by atoms with E-state index in [2.05, 4.69) is 24.5 Å². The van der Waals surface area contributed by atoms with Crippen molar-refractivity contribution in [2.45, 2.75) is 31.4 Å². The van der Waals surface area contributed by atoms with Crippen molar-refractivity contribution in [2.75, 3.05) is 13.2 Å². The highest BCUT2D eigenvalue weighted by Crippen LogP contribution is 2.15. The monoisotopic (exact) mass is 232 g/mol. The van der Waals surface area contributed by atoms with Gasteiger partial charge in [0.05, 0.1) is 12.2 Å². The molecule has 92 valence electrons. The van der Waals surface area contributed by atoms with Crippen LogP contribution in [0.25, 0.3) is 0 Å². The SMILES string of the molecule is C=C/C=C(\C=C)CNC(C#N)C1CCCCO1. The van der Waals surface area contributed by atoms with E-state index in [1.54, 1.807) is 12.2 Å². The van der Waals surface area contributed by atoms with Crippen LogP contribution in [0.4, 0.5) is 0 Å². The highest BCUT2D eigenvalue weighted by Gasteiger charge is 2.23. The van der Waals surface area contributed by atoms with E-state index in [0.717, 1.165) is 31.4 Å². The molecule has 2 unspecified atom stereocenters. The molecule has 3 nitrogen and oxygen atoms in total. The van der Waals surface area contributed by atoms with Crippen molar-refractivity contribution in [3.05, 3.63) is 37.0 Å². The van der Waals surface area contributed by atoms with Gasteiger partial charge in [-0.15, -0.1) is 0 Å². The van der Waals surface area contributed by atoms with Crippen molar-refractivity contribution in [3.63, 3.8) is 0 Å². The maximum atomic E-state index is 9.14. The minimum Gasteiger partial charge on any atom is -0.375 e. The van der Waals surface area contributed by atoms with Gasteiger partial charge in [0.25, 0.3) is 0 Å². The van der Waals surface area contributed by atoms with Crippen molar-refractivity contribution >= 4 is 0 Å². The fourth-order valence-corrected chi connectivity index (χ4v) is 1.87. The third-order valence-electron chi connectivity index (χ3n) is 2.85. The molecule has 1 aliphatic heterocycles. The normalized spacial score (nSPS) is 22.5. The summed E-state index contributed by atoms with van der Waals surface area (Å²) in [5, 5.41) is 12.3. The summed E-state index contributed by atoms with van der Waals surface area (Å²) in [5.41, 5.74) is 1.02. The number of hydrogen-bond acceptors (Lipinski definition) is 3. The first kappa shape index (κ1) is 13.7. The molecule has 0 aliphatic carbocycles. The van der Waals surface area contributed by atoms with Crippen LogP contribution >= 0.6 is 0 Å². The standard InChI is InChI=1S/C14H20N2O/c1-3-7-12(4-2)11-16-13(10-15)14-8-5-6-9-17-14/h3-4,7,13-14,16H,1-2,5-6,8-9,11H2/b12-7+. The van der Waals surface area contributed by atoms with E-state index in [4.69, 9.17) is 10.00 Å². The third kappa shape index (κ3) is 4.56. The van der Waals surface area contributed by atoms with Crippen LogP contribution in [0.1, 0.15) is 19.3 Å². The molecule has 2 atom stereocenters. The lowest BCUT2D eigenvalue weighted by atomic mass is 10.0. The van der Waals surface area contributed by atoms with Gasteiger partial charge >= 0.3 is 0 Å². The molecule has 0 aromatic carbocycles. The van der Waals surface area contributed by atoms with Crippen LogP contribution in [0.15, 0.2) is 37.0 Å². The Bertz CT molecular complexity index is 322. The van der Waals surface area contributed by atoms with Crippen molar-refractivity contribution in [1.29, 1.82) is 5.26 Å². The number of allylic oxidation sites excluding steroid dienone is 2. The third-order valence-corrected chi connectivity index (χ3v) is 2.85. The molecular weight excluding hydrogens is 212 g/mol. The molecule has 1 rings (SSSR count). The summed E-state index contributed by atoms with van der Waals surface area (Å²) in [7, 11) is 0. The molecule has 0 aromatic heterocycles. The van der Waals surface area contributed by atoms with Crippen LogP contribution < -0.4 is 5.32 Å². The number of hydrogen-bond donors (Lipinski definition) is 1. The van der Waals surface area contributed by atoms with Crippen LogP contribution in [-0.2, 0) is 4.74 Å². The minimum absolute atomic E-state index is 0.0172. The van der Waals surface area contributed by atoms with Gasteiger partial charge in [0.15, 0.2) is 0 Å². The first-order valence-electron chi connectivity index (χ1n) is 6.00. The van der Waals surface area contributed by atoms with E-state index >= 15 is 0 Å². The summed E-state index contributed by atoms with van der Waals surface area (Å²) >= 11 is 0. The molecule has 1 heterocycles. The largest absolute Gasteiger partial charge is 0.375 e. The van der Waals surface area contributed by atoms with Gasteiger partial charge in [-0.25, -0.2) is 0 Å². The van der Waals surface area contributed by atoms with Gasteiger partial charge < -0.3 is 4.74 Å². The zero-order valence-electron chi connectivity index (χ0n) is 10.2. The molecule has 3 heteroatoms. The van der Waals surface area contributed by atoms with Crippen molar-refractivity contribution in [3.8, 4) is 6.07 Å². The van der Waals surface area contributed by atoms with Crippen LogP contribution in [0.2, 0.25) is 0 Å². The van der Waals surface area contributed by atoms with Crippen LogP contribution in [0.3, 0.4) is 0 Å². The minimum atomic E-state index is -0.247. The Kier molecular flexibility index (Phi) is 6.31. The highest BCUT2D eigenvalue weighted by molar-refractivity contribution is 5.23. The average Bonchev–Trinajstić information content (AvgIpc) is 2.39. The lowest BCUT2D eigenvalue weighted by Crippen LogP contribution is -2.42. The lowest BCUT2D eigenvalue weighted by molar-refractivity contribution is 0.00422. The van der Waals surface area contributed by atoms with E-state index < -0.39 is 0 Å². The Morgan fingerprint density at radius 1 is 1.53 bits per heavy atom. The molecule has 0 bridgehead atoms. The van der Waals surface area contributed by atoms with Crippen molar-refractivity contribution in [2.24, 2.45) is 0 Å². The molecule has 1 aliphatic rings. The molecule has 1 saturated heterocycles. The molecule has 0 amide bonds. The van der Waals surface area contributed by atoms with E-state index in [0.29, 0.717) is 6.54 Å².